The van der Waals surface area contributed by atoms with E-state index in [0.29, 0.717) is 0 Å². The minimum Gasteiger partial charge on any atom is -0.503 e. The molecule has 0 saturated carbocycles. The van der Waals surface area contributed by atoms with Crippen molar-refractivity contribution in [3.05, 3.63) is 22.7 Å². The summed E-state index contributed by atoms with van der Waals surface area (Å²) in [6.45, 7) is -0.444. The third kappa shape index (κ3) is 4.37. The van der Waals surface area contributed by atoms with Crippen molar-refractivity contribution in [2.24, 2.45) is 10.9 Å². The van der Waals surface area contributed by atoms with Crippen molar-refractivity contribution in [1.29, 1.82) is 0 Å². The molecule has 2 atom stereocenters. The van der Waals surface area contributed by atoms with Gasteiger partial charge >= 0.3 is 18.2 Å². The number of aromatic hydroxyl groups is 1. The Kier molecular flexibility index (Phi) is 5.65. The molecule has 0 aliphatic carbocycles. The van der Waals surface area contributed by atoms with E-state index in [2.05, 4.69) is 15.0 Å². The summed E-state index contributed by atoms with van der Waals surface area (Å²) in [5.41, 5.74) is 0.204. The average molecular weight is 395 g/mol. The summed E-state index contributed by atoms with van der Waals surface area (Å²) in [4.78, 5) is 27.4. The first-order valence-corrected chi connectivity index (χ1v) is 7.56. The summed E-state index contributed by atoms with van der Waals surface area (Å²) in [5, 5.41) is 12.0. The van der Waals surface area contributed by atoms with Crippen LogP contribution in [0.3, 0.4) is 0 Å². The fourth-order valence-corrected chi connectivity index (χ4v) is 2.69. The van der Waals surface area contributed by atoms with Gasteiger partial charge in [-0.2, -0.15) is 13.2 Å². The van der Waals surface area contributed by atoms with Crippen LogP contribution in [-0.4, -0.2) is 42.7 Å². The van der Waals surface area contributed by atoms with Crippen LogP contribution < -0.4 is 10.1 Å². The van der Waals surface area contributed by atoms with Crippen molar-refractivity contribution in [3.8, 4) is 11.5 Å². The van der Waals surface area contributed by atoms with Crippen molar-refractivity contribution in [2.45, 2.75) is 19.1 Å². The summed E-state index contributed by atoms with van der Waals surface area (Å²) >= 11 is 5.90. The zero-order chi connectivity index (χ0) is 19.6. The Morgan fingerprint density at radius 3 is 2.65 bits per heavy atom. The molecule has 1 heterocycles. The van der Waals surface area contributed by atoms with Crippen LogP contribution in [0.1, 0.15) is 18.5 Å². The molecule has 0 saturated heterocycles. The fourth-order valence-electron chi connectivity index (χ4n) is 2.47. The molecule has 0 radical (unpaired) electrons. The van der Waals surface area contributed by atoms with E-state index in [1.165, 1.54) is 26.2 Å². The van der Waals surface area contributed by atoms with E-state index in [0.717, 1.165) is 0 Å². The number of benzene rings is 1. The number of nitrogens with one attached hydrogen (secondary N) is 1. The molecule has 1 aromatic rings. The number of ether oxygens (including phenoxy) is 2. The Bertz CT molecular complexity index is 766. The van der Waals surface area contributed by atoms with E-state index in [9.17, 15) is 27.9 Å². The maximum atomic E-state index is 12.3. The minimum atomic E-state index is -4.70. The quantitative estimate of drug-likeness (QED) is 0.765. The second-order valence-electron chi connectivity index (χ2n) is 5.43. The van der Waals surface area contributed by atoms with Crippen LogP contribution >= 0.6 is 11.6 Å². The van der Waals surface area contributed by atoms with E-state index in [4.69, 9.17) is 16.3 Å². The molecule has 142 valence electrons. The highest BCUT2D eigenvalue weighted by Crippen LogP contribution is 2.39. The van der Waals surface area contributed by atoms with Crippen molar-refractivity contribution >= 4 is 29.3 Å². The van der Waals surface area contributed by atoms with Gasteiger partial charge in [0.2, 0.25) is 0 Å². The van der Waals surface area contributed by atoms with Gasteiger partial charge in [0.25, 0.3) is 0 Å². The van der Waals surface area contributed by atoms with E-state index in [1.807, 2.05) is 0 Å². The molecule has 1 aliphatic heterocycles. The summed E-state index contributed by atoms with van der Waals surface area (Å²) in [6.07, 6.45) is -4.70. The van der Waals surface area contributed by atoms with Gasteiger partial charge in [0.1, 0.15) is 5.92 Å². The Morgan fingerprint density at radius 1 is 1.42 bits per heavy atom. The number of hydrogen-bond donors (Lipinski definition) is 2. The van der Waals surface area contributed by atoms with Gasteiger partial charge in [0.05, 0.1) is 18.2 Å². The number of rotatable bonds is 4. The van der Waals surface area contributed by atoms with E-state index >= 15 is 0 Å². The Balaban J connectivity index is 2.41. The Hall–Kier alpha value is -2.49. The molecule has 2 unspecified atom stereocenters. The van der Waals surface area contributed by atoms with Gasteiger partial charge in [0.15, 0.2) is 18.1 Å². The van der Waals surface area contributed by atoms with Gasteiger partial charge in [-0.3, -0.25) is 4.79 Å². The molecule has 2 rings (SSSR count). The number of amides is 2. The number of hydrogen-bond acceptors (Lipinski definition) is 5. The summed E-state index contributed by atoms with van der Waals surface area (Å²) in [7, 11) is 1.26. The molecule has 26 heavy (non-hydrogen) atoms. The summed E-state index contributed by atoms with van der Waals surface area (Å²) in [5.74, 6) is -2.91. The van der Waals surface area contributed by atoms with Gasteiger partial charge < -0.3 is 19.9 Å². The molecule has 1 aliphatic rings. The summed E-state index contributed by atoms with van der Waals surface area (Å²) < 4.78 is 46.2. The third-order valence-corrected chi connectivity index (χ3v) is 3.89. The fraction of sp³-hybridized carbons (Fsp3) is 0.400. The van der Waals surface area contributed by atoms with E-state index in [1.54, 1.807) is 0 Å². The normalized spacial score (nSPS) is 20.2. The predicted molar refractivity (Wildman–Crippen MR) is 84.6 cm³/mol. The molecular formula is C15H14ClF3N2O5. The first-order valence-electron chi connectivity index (χ1n) is 7.19. The largest absolute Gasteiger partial charge is 0.503 e. The first kappa shape index (κ1) is 19.8. The standard InChI is InChI=1S/C15H14ClF3N2O5/c1-6-10(13(23)26-5-15(17,18)19)11(21-14(24)20-6)7-3-8(16)12(22)9(4-7)25-2/h3-4,10-11,22H,5H2,1-2H3,(H,21,24). The lowest BCUT2D eigenvalue weighted by Gasteiger charge is -2.30. The molecular weight excluding hydrogens is 381 g/mol. The highest BCUT2D eigenvalue weighted by Gasteiger charge is 2.40. The number of esters is 1. The number of aliphatic imine (C=N–C) groups is 1. The number of urea groups is 1. The maximum Gasteiger partial charge on any atom is 0.422 e. The molecule has 0 spiro atoms. The second kappa shape index (κ2) is 7.40. The van der Waals surface area contributed by atoms with E-state index < -0.39 is 36.7 Å². The molecule has 2 N–H and O–H groups in total. The number of carbonyl (C=O) groups excluding carboxylic acids is 2. The molecule has 1 aromatic carbocycles. The van der Waals surface area contributed by atoms with Crippen LogP contribution in [-0.2, 0) is 9.53 Å². The number of alkyl halides is 3. The van der Waals surface area contributed by atoms with Crippen LogP contribution in [0, 0.1) is 5.92 Å². The lowest BCUT2D eigenvalue weighted by Crippen LogP contribution is -2.44. The first-order chi connectivity index (χ1) is 12.0. The van der Waals surface area contributed by atoms with Gasteiger partial charge in [-0.25, -0.2) is 9.79 Å². The smallest absolute Gasteiger partial charge is 0.422 e. The topological polar surface area (TPSA) is 97.2 Å². The number of phenolic OH excluding ortho intramolecular Hbond substituents is 1. The second-order valence-corrected chi connectivity index (χ2v) is 5.84. The van der Waals surface area contributed by atoms with Gasteiger partial charge in [0, 0.05) is 5.71 Å². The number of halogens is 4. The van der Waals surface area contributed by atoms with Gasteiger partial charge in [-0.05, 0) is 24.6 Å². The zero-order valence-electron chi connectivity index (χ0n) is 13.6. The Labute approximate surface area is 150 Å². The van der Waals surface area contributed by atoms with Crippen molar-refractivity contribution in [3.63, 3.8) is 0 Å². The van der Waals surface area contributed by atoms with Crippen LogP contribution in [0.15, 0.2) is 17.1 Å². The predicted octanol–water partition coefficient (Wildman–Crippen LogP) is 3.00. The molecule has 0 fully saturated rings. The van der Waals surface area contributed by atoms with Crippen LogP contribution in [0.25, 0.3) is 0 Å². The maximum absolute atomic E-state index is 12.3. The monoisotopic (exact) mass is 394 g/mol. The van der Waals surface area contributed by atoms with Crippen molar-refractivity contribution < 1.29 is 37.3 Å². The minimum absolute atomic E-state index is 0.0194. The lowest BCUT2D eigenvalue weighted by molar-refractivity contribution is -0.188. The molecule has 2 amide bonds. The van der Waals surface area contributed by atoms with Crippen LogP contribution in [0.4, 0.5) is 18.0 Å². The van der Waals surface area contributed by atoms with Crippen molar-refractivity contribution in [1.82, 2.24) is 5.32 Å². The average Bonchev–Trinajstić information content (AvgIpc) is 2.53. The lowest BCUT2D eigenvalue weighted by atomic mass is 9.88. The molecule has 0 aromatic heterocycles. The Morgan fingerprint density at radius 2 is 2.08 bits per heavy atom. The highest BCUT2D eigenvalue weighted by molar-refractivity contribution is 6.32. The summed E-state index contributed by atoms with van der Waals surface area (Å²) in [6, 6.07) is 0.671. The number of nitrogens with zero attached hydrogens (tertiary/aromatic N) is 1. The van der Waals surface area contributed by atoms with Crippen molar-refractivity contribution in [2.75, 3.05) is 13.7 Å². The van der Waals surface area contributed by atoms with Gasteiger partial charge in [-0.15, -0.1) is 0 Å². The number of carbonyl (C=O) groups is 2. The number of phenols is 1. The highest BCUT2D eigenvalue weighted by atomic mass is 35.5. The van der Waals surface area contributed by atoms with E-state index in [-0.39, 0.29) is 27.8 Å². The third-order valence-electron chi connectivity index (χ3n) is 3.60. The SMILES string of the molecule is COc1cc(C2NC(=O)N=C(C)C2C(=O)OCC(F)(F)F)cc(Cl)c1O. The molecule has 7 nitrogen and oxygen atoms in total. The van der Waals surface area contributed by atoms with Crippen LogP contribution in [0.5, 0.6) is 11.5 Å². The zero-order valence-corrected chi connectivity index (χ0v) is 14.3. The van der Waals surface area contributed by atoms with Crippen LogP contribution in [0.2, 0.25) is 5.02 Å². The molecule has 0 bridgehead atoms. The molecule has 11 heteroatoms. The van der Waals surface area contributed by atoms with Gasteiger partial charge in [-0.1, -0.05) is 11.6 Å². The number of methoxy groups -OCH3 is 1.